The van der Waals surface area contributed by atoms with Crippen molar-refractivity contribution in [1.29, 1.82) is 0 Å². The van der Waals surface area contributed by atoms with Gasteiger partial charge in [0, 0.05) is 6.54 Å². The molecule has 150 valence electrons. The zero-order valence-electron chi connectivity index (χ0n) is 16.8. The molecule has 27 heavy (non-hydrogen) atoms. The Hall–Kier alpha value is -1.03. The van der Waals surface area contributed by atoms with Gasteiger partial charge >= 0.3 is 0 Å². The van der Waals surface area contributed by atoms with Crippen molar-refractivity contribution in [2.24, 2.45) is 0 Å². The zero-order valence-corrected chi connectivity index (χ0v) is 20.2. The van der Waals surface area contributed by atoms with Gasteiger partial charge in [-0.1, -0.05) is 51.6 Å². The van der Waals surface area contributed by atoms with Crippen LogP contribution in [0.5, 0.6) is 0 Å². The molecule has 6 nitrogen and oxygen atoms in total. The lowest BCUT2D eigenvalue weighted by Crippen LogP contribution is -2.38. The number of hydrogen-bond donors (Lipinski definition) is 0. The van der Waals surface area contributed by atoms with E-state index < -0.39 is 18.2 Å². The summed E-state index contributed by atoms with van der Waals surface area (Å²) in [6.45, 7) is 14.0. The Kier molecular flexibility index (Phi) is 6.71. The highest BCUT2D eigenvalue weighted by atomic mass is 79.9. The van der Waals surface area contributed by atoms with Gasteiger partial charge in [-0.25, -0.2) is 9.67 Å². The molecule has 0 bridgehead atoms. The molecule has 0 amide bonds. The van der Waals surface area contributed by atoms with Gasteiger partial charge in [0.25, 0.3) is 10.1 Å². The molecule has 0 radical (unpaired) electrons. The normalized spacial score (nSPS) is 13.1. The third-order valence-corrected chi connectivity index (χ3v) is 12.5. The Morgan fingerprint density at radius 1 is 1.19 bits per heavy atom. The van der Waals surface area contributed by atoms with Crippen LogP contribution in [0.2, 0.25) is 24.2 Å². The van der Waals surface area contributed by atoms with Crippen molar-refractivity contribution in [3.05, 3.63) is 40.4 Å². The average Bonchev–Trinajstić information content (AvgIpc) is 2.90. The van der Waals surface area contributed by atoms with Crippen LogP contribution in [0.3, 0.4) is 0 Å². The number of rotatable bonds is 7. The minimum atomic E-state index is -3.84. The first-order valence-electron chi connectivity index (χ1n) is 8.87. The second kappa shape index (κ2) is 8.14. The van der Waals surface area contributed by atoms with Gasteiger partial charge in [-0.15, -0.1) is 5.10 Å². The Bertz CT molecular complexity index is 888. The molecule has 0 unspecified atom stereocenters. The highest BCUT2D eigenvalue weighted by Gasteiger charge is 2.34. The third kappa shape index (κ3) is 5.72. The van der Waals surface area contributed by atoms with Gasteiger partial charge in [0.15, 0.2) is 5.82 Å². The fourth-order valence-corrected chi connectivity index (χ4v) is 5.08. The number of aromatic nitrogens is 3. The summed E-state index contributed by atoms with van der Waals surface area (Å²) in [5.41, 5.74) is 0.989. The Morgan fingerprint density at radius 2 is 1.78 bits per heavy atom. The van der Waals surface area contributed by atoms with Crippen LogP contribution in [0.4, 0.5) is 0 Å². The lowest BCUT2D eigenvalue weighted by atomic mass is 10.2. The summed E-state index contributed by atoms with van der Waals surface area (Å²) < 4.78 is 32.2. The molecule has 2 rings (SSSR count). The lowest BCUT2D eigenvalue weighted by molar-refractivity contribution is 0.290. The van der Waals surface area contributed by atoms with Gasteiger partial charge in [-0.2, -0.15) is 8.42 Å². The van der Waals surface area contributed by atoms with Crippen molar-refractivity contribution in [3.8, 4) is 0 Å². The van der Waals surface area contributed by atoms with Gasteiger partial charge in [0.05, 0.1) is 13.0 Å². The molecule has 0 spiro atoms. The van der Waals surface area contributed by atoms with E-state index in [9.17, 15) is 8.42 Å². The molecular weight excluding hydrogens is 446 g/mol. The predicted octanol–water partition coefficient (Wildman–Crippen LogP) is 4.76. The van der Waals surface area contributed by atoms with Crippen molar-refractivity contribution in [2.45, 2.75) is 69.9 Å². The van der Waals surface area contributed by atoms with E-state index in [1.807, 2.05) is 6.92 Å². The van der Waals surface area contributed by atoms with Crippen molar-refractivity contribution in [2.75, 3.05) is 0 Å². The van der Waals surface area contributed by atoms with Crippen molar-refractivity contribution < 1.29 is 12.6 Å². The molecule has 0 aliphatic carbocycles. The summed E-state index contributed by atoms with van der Waals surface area (Å²) in [5.74, 6) is 0.497. The first-order chi connectivity index (χ1) is 12.3. The summed E-state index contributed by atoms with van der Waals surface area (Å²) >= 11 is 3.28. The molecule has 1 aromatic heterocycles. The van der Waals surface area contributed by atoms with E-state index in [4.69, 9.17) is 4.18 Å². The molecule has 0 aliphatic rings. The Balaban J connectivity index is 2.11. The monoisotopic (exact) mass is 473 g/mol. The molecule has 0 aliphatic heterocycles. The van der Waals surface area contributed by atoms with E-state index in [1.165, 1.54) is 0 Å². The molecule has 0 atom stereocenters. The van der Waals surface area contributed by atoms with Crippen LogP contribution in [0.25, 0.3) is 0 Å². The van der Waals surface area contributed by atoms with Crippen LogP contribution in [0, 0.1) is 6.92 Å². The number of aryl methyl sites for hydroxylation is 2. The molecule has 0 N–H and O–H groups in total. The molecule has 0 fully saturated rings. The van der Waals surface area contributed by atoms with Gasteiger partial charge in [0.1, 0.15) is 6.61 Å². The van der Waals surface area contributed by atoms with E-state index >= 15 is 0 Å². The molecule has 1 aromatic carbocycles. The number of halogens is 1. The quantitative estimate of drug-likeness (QED) is 0.427. The van der Waals surface area contributed by atoms with E-state index in [0.29, 0.717) is 17.1 Å². The van der Waals surface area contributed by atoms with E-state index in [2.05, 4.69) is 59.9 Å². The van der Waals surface area contributed by atoms with Crippen molar-refractivity contribution in [1.82, 2.24) is 14.8 Å². The van der Waals surface area contributed by atoms with Crippen LogP contribution in [0.15, 0.2) is 33.9 Å². The second-order valence-electron chi connectivity index (χ2n) is 8.43. The maximum absolute atomic E-state index is 12.4. The van der Waals surface area contributed by atoms with Crippen LogP contribution in [0.1, 0.15) is 32.2 Å². The zero-order chi connectivity index (χ0) is 20.5. The van der Waals surface area contributed by atoms with Crippen LogP contribution < -0.4 is 0 Å². The minimum Gasteiger partial charge on any atom is -0.258 e. The summed E-state index contributed by atoms with van der Waals surface area (Å²) in [7, 11) is -5.32. The molecule has 1 heterocycles. The topological polar surface area (TPSA) is 74.1 Å². The van der Waals surface area contributed by atoms with Gasteiger partial charge in [-0.3, -0.25) is 4.18 Å². The highest BCUT2D eigenvalue weighted by molar-refractivity contribution is 9.10. The van der Waals surface area contributed by atoms with Crippen molar-refractivity contribution in [3.63, 3.8) is 0 Å². The minimum absolute atomic E-state index is 0.138. The van der Waals surface area contributed by atoms with Crippen LogP contribution >= 0.6 is 15.9 Å². The number of benzene rings is 1. The standard InChI is InChI=1S/C18H28BrN3O3SSi/c1-14-7-9-15(10-8-14)26(23,24)25-13-16-20-17(19)21-22(16)11-12-27(5,6)18(2,3)4/h7-10H,11-13H2,1-6H3. The Labute approximate surface area is 171 Å². The maximum Gasteiger partial charge on any atom is 0.297 e. The summed E-state index contributed by atoms with van der Waals surface area (Å²) in [6, 6.07) is 7.60. The van der Waals surface area contributed by atoms with Gasteiger partial charge in [0.2, 0.25) is 4.73 Å². The number of nitrogens with zero attached hydrogens (tertiary/aromatic N) is 3. The largest absolute Gasteiger partial charge is 0.297 e. The van der Waals surface area contributed by atoms with E-state index in [-0.39, 0.29) is 16.5 Å². The number of hydrogen-bond acceptors (Lipinski definition) is 5. The summed E-state index contributed by atoms with van der Waals surface area (Å²) in [5, 5.41) is 4.62. The van der Waals surface area contributed by atoms with Crippen molar-refractivity contribution >= 4 is 34.1 Å². The summed E-state index contributed by atoms with van der Waals surface area (Å²) in [6.07, 6.45) is 0. The first-order valence-corrected chi connectivity index (χ1v) is 14.3. The van der Waals surface area contributed by atoms with Gasteiger partial charge < -0.3 is 0 Å². The van der Waals surface area contributed by atoms with E-state index in [1.54, 1.807) is 28.9 Å². The highest BCUT2D eigenvalue weighted by Crippen LogP contribution is 2.38. The molecular formula is C18H28BrN3O3SSi. The smallest absolute Gasteiger partial charge is 0.258 e. The third-order valence-electron chi connectivity index (χ3n) is 5.35. The molecule has 0 saturated carbocycles. The molecule has 9 heteroatoms. The lowest BCUT2D eigenvalue weighted by Gasteiger charge is -2.37. The van der Waals surface area contributed by atoms with E-state index in [0.717, 1.165) is 11.6 Å². The van der Waals surface area contributed by atoms with Crippen LogP contribution in [-0.4, -0.2) is 31.3 Å². The molecule has 0 saturated heterocycles. The summed E-state index contributed by atoms with van der Waals surface area (Å²) in [4.78, 5) is 4.42. The fourth-order valence-electron chi connectivity index (χ4n) is 2.29. The Morgan fingerprint density at radius 3 is 2.33 bits per heavy atom. The SMILES string of the molecule is Cc1ccc(S(=O)(=O)OCc2nc(Br)nn2CC[Si](C)(C)C(C)(C)C)cc1. The predicted molar refractivity (Wildman–Crippen MR) is 113 cm³/mol. The fraction of sp³-hybridized carbons (Fsp3) is 0.556. The van der Waals surface area contributed by atoms with Gasteiger partial charge in [-0.05, 0) is 46.1 Å². The van der Waals surface area contributed by atoms with Crippen LogP contribution in [-0.2, 0) is 27.5 Å². The maximum atomic E-state index is 12.4. The molecule has 2 aromatic rings. The first kappa shape index (κ1) is 22.3. The average molecular weight is 474 g/mol. The second-order valence-corrected chi connectivity index (χ2v) is 16.5.